The Morgan fingerprint density at radius 1 is 1.61 bits per heavy atom. The molecule has 0 saturated heterocycles. The lowest BCUT2D eigenvalue weighted by Crippen LogP contribution is -2.45. The van der Waals surface area contributed by atoms with Crippen LogP contribution in [0.15, 0.2) is 11.8 Å². The molecule has 11 heteroatoms. The van der Waals surface area contributed by atoms with Gasteiger partial charge < -0.3 is 10.8 Å². The van der Waals surface area contributed by atoms with Gasteiger partial charge in [-0.05, 0) is 10.4 Å². The number of rotatable bonds is 5. The second-order valence-corrected chi connectivity index (χ2v) is 4.06. The van der Waals surface area contributed by atoms with E-state index in [1.165, 1.54) is 5.51 Å². The zero-order chi connectivity index (χ0) is 13.2. The van der Waals surface area contributed by atoms with E-state index in [-0.39, 0.29) is 11.3 Å². The maximum atomic E-state index is 12.0. The van der Waals surface area contributed by atoms with Crippen molar-refractivity contribution in [2.45, 2.75) is 11.8 Å². The van der Waals surface area contributed by atoms with Gasteiger partial charge in [-0.25, -0.2) is 4.68 Å². The minimum Gasteiger partial charge on any atom is -0.369 e. The van der Waals surface area contributed by atoms with Gasteiger partial charge in [-0.2, -0.15) is 0 Å². The van der Waals surface area contributed by atoms with Crippen LogP contribution in [-0.4, -0.2) is 47.6 Å². The largest absolute Gasteiger partial charge is 0.369 e. The van der Waals surface area contributed by atoms with Crippen LogP contribution in [0.2, 0.25) is 0 Å². The van der Waals surface area contributed by atoms with Crippen LogP contribution in [0.25, 0.3) is 0 Å². The summed E-state index contributed by atoms with van der Waals surface area (Å²) in [6, 6.07) is 0. The van der Waals surface area contributed by atoms with Crippen LogP contribution in [0.5, 0.6) is 0 Å². The third-order valence-electron chi connectivity index (χ3n) is 2.15. The molecule has 2 heterocycles. The highest BCUT2D eigenvalue weighted by molar-refractivity contribution is 7.09. The molecule has 94 valence electrons. The first-order valence-electron chi connectivity index (χ1n) is 4.57. The van der Waals surface area contributed by atoms with Gasteiger partial charge in [0.25, 0.3) is 0 Å². The molecule has 10 nitrogen and oxygen atoms in total. The number of aliphatic hydroxyl groups is 1. The summed E-state index contributed by atoms with van der Waals surface area (Å²) >= 11 is 0.857. The predicted octanol–water partition coefficient (Wildman–Crippen LogP) is -2.36. The average Bonchev–Trinajstić information content (AvgIpc) is 3.07. The summed E-state index contributed by atoms with van der Waals surface area (Å²) in [5.74, 6) is -0.999. The van der Waals surface area contributed by atoms with E-state index in [4.69, 9.17) is 5.73 Å². The van der Waals surface area contributed by atoms with Gasteiger partial charge in [0.15, 0.2) is 17.5 Å². The molecule has 3 N–H and O–H groups in total. The normalized spacial score (nSPS) is 15.9. The first-order valence-corrected chi connectivity index (χ1v) is 5.45. The van der Waals surface area contributed by atoms with Crippen molar-refractivity contribution in [2.24, 2.45) is 5.73 Å². The number of carbonyl (C=O) groups is 2. The number of Topliss-reactive ketones (excluding diaryl/α,β-unsaturated/α-hetero) is 1. The molecule has 0 spiro atoms. The van der Waals surface area contributed by atoms with E-state index in [1.807, 2.05) is 0 Å². The molecule has 0 aliphatic heterocycles. The highest BCUT2D eigenvalue weighted by atomic mass is 32.1. The van der Waals surface area contributed by atoms with E-state index in [0.29, 0.717) is 0 Å². The number of ketones is 1. The molecule has 0 aliphatic rings. The van der Waals surface area contributed by atoms with Crippen molar-refractivity contribution in [2.75, 3.05) is 0 Å². The minimum atomic E-state index is -2.45. The van der Waals surface area contributed by atoms with Gasteiger partial charge in [0.05, 0.1) is 0 Å². The Labute approximate surface area is 103 Å². The number of carbonyl (C=O) groups excluding carboxylic acids is 2. The Morgan fingerprint density at radius 3 is 2.89 bits per heavy atom. The molecule has 0 amide bonds. The summed E-state index contributed by atoms with van der Waals surface area (Å²) in [4.78, 5) is 23.0. The number of hydrogen-bond donors (Lipinski definition) is 2. The molecule has 2 rings (SSSR count). The molecule has 0 bridgehead atoms. The van der Waals surface area contributed by atoms with Crippen LogP contribution in [-0.2, 0) is 15.2 Å². The third-order valence-corrected chi connectivity index (χ3v) is 2.97. The highest BCUT2D eigenvalue weighted by Crippen LogP contribution is 2.24. The highest BCUT2D eigenvalue weighted by Gasteiger charge is 2.44. The van der Waals surface area contributed by atoms with Crippen molar-refractivity contribution in [1.82, 2.24) is 30.4 Å². The number of aldehydes is 1. The Balaban J connectivity index is 2.34. The molecule has 2 aromatic heterocycles. The molecule has 0 fully saturated rings. The Hall–Kier alpha value is -2.11. The second kappa shape index (κ2) is 4.64. The van der Waals surface area contributed by atoms with Crippen LogP contribution < -0.4 is 5.73 Å². The van der Waals surface area contributed by atoms with Crippen LogP contribution in [0, 0.1) is 0 Å². The smallest absolute Gasteiger partial charge is 0.236 e. The second-order valence-electron chi connectivity index (χ2n) is 3.23. The van der Waals surface area contributed by atoms with Gasteiger partial charge >= 0.3 is 0 Å². The fourth-order valence-electron chi connectivity index (χ4n) is 1.19. The van der Waals surface area contributed by atoms with Crippen molar-refractivity contribution >= 4 is 23.4 Å². The van der Waals surface area contributed by atoms with E-state index in [2.05, 4.69) is 25.7 Å². The molecular formula is C7H7N7O3S. The minimum absolute atomic E-state index is 0.0556. The summed E-state index contributed by atoms with van der Waals surface area (Å²) in [6.07, 6.45) is -0.257. The average molecular weight is 269 g/mol. The number of hydrogen-bond acceptors (Lipinski definition) is 10. The summed E-state index contributed by atoms with van der Waals surface area (Å²) in [6.45, 7) is 0. The summed E-state index contributed by atoms with van der Waals surface area (Å²) in [7, 11) is 0. The Bertz CT molecular complexity index is 541. The fourth-order valence-corrected chi connectivity index (χ4v) is 1.81. The van der Waals surface area contributed by atoms with Crippen LogP contribution in [0.4, 0.5) is 0 Å². The predicted molar refractivity (Wildman–Crippen MR) is 55.9 cm³/mol. The maximum Gasteiger partial charge on any atom is 0.236 e. The van der Waals surface area contributed by atoms with Crippen molar-refractivity contribution in [1.29, 1.82) is 0 Å². The lowest BCUT2D eigenvalue weighted by Gasteiger charge is -2.20. The fraction of sp³-hybridized carbons (Fsp3) is 0.286. The van der Waals surface area contributed by atoms with Gasteiger partial charge in [-0.3, -0.25) is 9.59 Å². The lowest BCUT2D eigenvalue weighted by molar-refractivity contribution is -0.147. The van der Waals surface area contributed by atoms with Crippen molar-refractivity contribution in [3.05, 3.63) is 16.8 Å². The number of aromatic nitrogens is 6. The van der Waals surface area contributed by atoms with Crippen LogP contribution in [0.3, 0.4) is 0 Å². The van der Waals surface area contributed by atoms with Crippen molar-refractivity contribution < 1.29 is 14.7 Å². The zero-order valence-electron chi connectivity index (χ0n) is 8.74. The first-order chi connectivity index (χ1) is 8.59. The monoisotopic (exact) mass is 269 g/mol. The molecule has 0 radical (unpaired) electrons. The quantitative estimate of drug-likeness (QED) is 0.448. The van der Waals surface area contributed by atoms with Gasteiger partial charge in [-0.1, -0.05) is 0 Å². The molecule has 0 aliphatic carbocycles. The summed E-state index contributed by atoms with van der Waals surface area (Å²) < 4.78 is 0.915. The van der Waals surface area contributed by atoms with Crippen molar-refractivity contribution in [3.8, 4) is 0 Å². The van der Waals surface area contributed by atoms with Gasteiger partial charge in [0.2, 0.25) is 11.4 Å². The SMILES string of the molecule is NC(C(=O)C(O)(C=O)c1nncs1)n1cnnn1. The maximum absolute atomic E-state index is 12.0. The standard InChI is InChI=1S/C7H7N7O3S/c8-5(14-2-9-12-13-14)4(16)7(17,1-15)6-11-10-3-18-6/h1-3,5,17H,8H2. The van der Waals surface area contributed by atoms with Crippen molar-refractivity contribution in [3.63, 3.8) is 0 Å². The number of nitrogens with zero attached hydrogens (tertiary/aromatic N) is 6. The molecule has 0 aromatic carbocycles. The summed E-state index contributed by atoms with van der Waals surface area (Å²) in [5, 5.41) is 26.8. The summed E-state index contributed by atoms with van der Waals surface area (Å²) in [5.41, 5.74) is 4.38. The first kappa shape index (κ1) is 12.3. The van der Waals surface area contributed by atoms with Gasteiger partial charge in [-0.15, -0.1) is 26.6 Å². The Morgan fingerprint density at radius 2 is 2.39 bits per heavy atom. The zero-order valence-corrected chi connectivity index (χ0v) is 9.56. The van der Waals surface area contributed by atoms with E-state index in [1.54, 1.807) is 0 Å². The molecule has 0 saturated carbocycles. The van der Waals surface area contributed by atoms with E-state index >= 15 is 0 Å². The number of tetrazole rings is 1. The van der Waals surface area contributed by atoms with E-state index in [0.717, 1.165) is 22.3 Å². The van der Waals surface area contributed by atoms with Gasteiger partial charge in [0.1, 0.15) is 11.8 Å². The molecule has 2 atom stereocenters. The molecule has 2 unspecified atom stereocenters. The van der Waals surface area contributed by atoms with E-state index in [9.17, 15) is 14.7 Å². The lowest BCUT2D eigenvalue weighted by atomic mass is 9.99. The third kappa shape index (κ3) is 1.90. The van der Waals surface area contributed by atoms with Crippen LogP contribution >= 0.6 is 11.3 Å². The van der Waals surface area contributed by atoms with Crippen LogP contribution in [0.1, 0.15) is 11.2 Å². The molecule has 2 aromatic rings. The number of nitrogens with two attached hydrogens (primary N) is 1. The van der Waals surface area contributed by atoms with Gasteiger partial charge in [0, 0.05) is 0 Å². The van der Waals surface area contributed by atoms with E-state index < -0.39 is 17.6 Å². The Kier molecular flexibility index (Phi) is 3.18. The molecule has 18 heavy (non-hydrogen) atoms. The topological polar surface area (TPSA) is 150 Å². The molecular weight excluding hydrogens is 262 g/mol.